The molecule has 3 nitrogen and oxygen atoms in total. The van der Waals surface area contributed by atoms with Crippen molar-refractivity contribution in [2.45, 2.75) is 13.3 Å². The first-order valence-corrected chi connectivity index (χ1v) is 2.46. The van der Waals surface area contributed by atoms with Crippen LogP contribution in [0.3, 0.4) is 0 Å². The van der Waals surface area contributed by atoms with E-state index in [9.17, 15) is 0 Å². The van der Waals surface area contributed by atoms with Crippen LogP contribution < -0.4 is 11.2 Å². The van der Waals surface area contributed by atoms with Crippen molar-refractivity contribution in [2.75, 3.05) is 13.3 Å². The molecule has 0 aromatic carbocycles. The molecule has 3 heteroatoms. The van der Waals surface area contributed by atoms with Gasteiger partial charge in [-0.2, -0.15) is 0 Å². The summed E-state index contributed by atoms with van der Waals surface area (Å²) in [6, 6.07) is 0. The highest BCUT2D eigenvalue weighted by Gasteiger charge is 1.75. The Balaban J connectivity index is 2.45. The zero-order valence-corrected chi connectivity index (χ0v) is 4.61. The van der Waals surface area contributed by atoms with Crippen molar-refractivity contribution >= 4 is 0 Å². The molecule has 0 aromatic heterocycles. The van der Waals surface area contributed by atoms with Crippen LogP contribution in [0.5, 0.6) is 0 Å². The van der Waals surface area contributed by atoms with E-state index >= 15 is 0 Å². The van der Waals surface area contributed by atoms with Crippen LogP contribution in [0.4, 0.5) is 0 Å². The van der Waals surface area contributed by atoms with Gasteiger partial charge in [0.15, 0.2) is 0 Å². The Morgan fingerprint density at radius 3 is 2.86 bits per heavy atom. The molecule has 7 heavy (non-hydrogen) atoms. The number of nitrogens with one attached hydrogen (secondary N) is 1. The highest BCUT2D eigenvalue weighted by Crippen LogP contribution is 1.66. The topological polar surface area (TPSA) is 47.3 Å². The van der Waals surface area contributed by atoms with Gasteiger partial charge in [0, 0.05) is 6.54 Å². The number of hydrogen-bond donors (Lipinski definition) is 2. The minimum Gasteiger partial charge on any atom is -0.307 e. The molecule has 0 atom stereocenters. The number of hydroxylamine groups is 1. The van der Waals surface area contributed by atoms with E-state index < -0.39 is 0 Å². The number of nitrogens with two attached hydrogens (primary N) is 1. The van der Waals surface area contributed by atoms with Crippen LogP contribution in [0.25, 0.3) is 0 Å². The Kier molecular flexibility index (Phi) is 5.78. The molecule has 44 valence electrons. The molecule has 0 saturated carbocycles. The molecule has 0 aliphatic heterocycles. The summed E-state index contributed by atoms with van der Waals surface area (Å²) >= 11 is 0. The summed E-state index contributed by atoms with van der Waals surface area (Å²) in [5.41, 5.74) is 7.64. The zero-order chi connectivity index (χ0) is 5.54. The Morgan fingerprint density at radius 2 is 2.43 bits per heavy atom. The maximum Gasteiger partial charge on any atom is 0.116 e. The molecule has 0 aliphatic rings. The molecule has 0 unspecified atom stereocenters. The second-order valence-electron chi connectivity index (χ2n) is 1.21. The summed E-state index contributed by atoms with van der Waals surface area (Å²) in [4.78, 5) is 4.60. The summed E-state index contributed by atoms with van der Waals surface area (Å²) < 4.78 is 0. The maximum atomic E-state index is 4.98. The van der Waals surface area contributed by atoms with E-state index in [1.165, 1.54) is 0 Å². The van der Waals surface area contributed by atoms with Crippen LogP contribution in [0.2, 0.25) is 0 Å². The van der Waals surface area contributed by atoms with Crippen LogP contribution in [-0.2, 0) is 4.84 Å². The smallest absolute Gasteiger partial charge is 0.116 e. The quantitative estimate of drug-likeness (QED) is 0.296. The van der Waals surface area contributed by atoms with Gasteiger partial charge < -0.3 is 5.73 Å². The third-order valence-electron chi connectivity index (χ3n) is 0.537. The summed E-state index contributed by atoms with van der Waals surface area (Å²) in [5.74, 6) is 0. The van der Waals surface area contributed by atoms with Gasteiger partial charge in [0.1, 0.15) is 6.73 Å². The second-order valence-corrected chi connectivity index (χ2v) is 1.21. The van der Waals surface area contributed by atoms with Crippen LogP contribution in [0.15, 0.2) is 0 Å². The standard InChI is InChI=1S/C4H12N2O/c1-2-3-6-7-4-5/h6H,2-5H2,1H3. The zero-order valence-electron chi connectivity index (χ0n) is 4.61. The lowest BCUT2D eigenvalue weighted by atomic mass is 10.5. The normalized spacial score (nSPS) is 9.43. The van der Waals surface area contributed by atoms with Gasteiger partial charge in [-0.1, -0.05) is 6.92 Å². The Bertz CT molecular complexity index is 28.9. The predicted octanol–water partition coefficient (Wildman–Crippen LogP) is -0.166. The SMILES string of the molecule is CCCNOCN. The Labute approximate surface area is 43.8 Å². The Morgan fingerprint density at radius 1 is 1.71 bits per heavy atom. The average molecular weight is 104 g/mol. The first-order valence-electron chi connectivity index (χ1n) is 2.46. The van der Waals surface area contributed by atoms with Gasteiger partial charge in [-0.3, -0.25) is 4.84 Å². The molecule has 0 fully saturated rings. The largest absolute Gasteiger partial charge is 0.307 e. The highest BCUT2D eigenvalue weighted by atomic mass is 16.6. The summed E-state index contributed by atoms with van der Waals surface area (Å²) in [6.45, 7) is 3.18. The average Bonchev–Trinajstić information content (AvgIpc) is 1.69. The van der Waals surface area contributed by atoms with E-state index in [1.807, 2.05) is 0 Å². The van der Waals surface area contributed by atoms with Crippen LogP contribution >= 0.6 is 0 Å². The fourth-order valence-electron chi connectivity index (χ4n) is 0.233. The van der Waals surface area contributed by atoms with E-state index in [1.54, 1.807) is 0 Å². The lowest BCUT2D eigenvalue weighted by molar-refractivity contribution is 0.0462. The number of hydrogen-bond acceptors (Lipinski definition) is 3. The van der Waals surface area contributed by atoms with Crippen molar-refractivity contribution in [2.24, 2.45) is 5.73 Å². The lowest BCUT2D eigenvalue weighted by Crippen LogP contribution is -2.19. The number of rotatable bonds is 4. The van der Waals surface area contributed by atoms with E-state index in [2.05, 4.69) is 17.2 Å². The molecule has 0 amide bonds. The molecular formula is C4H12N2O. The molecule has 0 saturated heterocycles. The van der Waals surface area contributed by atoms with Gasteiger partial charge in [0.05, 0.1) is 0 Å². The summed E-state index contributed by atoms with van der Waals surface area (Å²) in [5, 5.41) is 0. The van der Waals surface area contributed by atoms with Gasteiger partial charge in [0.2, 0.25) is 0 Å². The van der Waals surface area contributed by atoms with Crippen molar-refractivity contribution in [1.82, 2.24) is 5.48 Å². The van der Waals surface area contributed by atoms with Crippen LogP contribution in [0, 0.1) is 0 Å². The fraction of sp³-hybridized carbons (Fsp3) is 1.00. The van der Waals surface area contributed by atoms with Gasteiger partial charge in [0.25, 0.3) is 0 Å². The lowest BCUT2D eigenvalue weighted by Gasteiger charge is -1.97. The molecule has 0 aromatic rings. The maximum absolute atomic E-state index is 4.98. The van der Waals surface area contributed by atoms with E-state index in [0.29, 0.717) is 0 Å². The van der Waals surface area contributed by atoms with E-state index in [-0.39, 0.29) is 6.73 Å². The summed E-state index contributed by atoms with van der Waals surface area (Å²) in [7, 11) is 0. The molecular weight excluding hydrogens is 92.1 g/mol. The van der Waals surface area contributed by atoms with Crippen molar-refractivity contribution in [3.63, 3.8) is 0 Å². The van der Waals surface area contributed by atoms with Crippen molar-refractivity contribution < 1.29 is 4.84 Å². The first kappa shape index (κ1) is 6.88. The van der Waals surface area contributed by atoms with Gasteiger partial charge in [-0.15, -0.1) is 0 Å². The minimum absolute atomic E-state index is 0.250. The molecule has 3 N–H and O–H groups in total. The third kappa shape index (κ3) is 5.88. The highest BCUT2D eigenvalue weighted by molar-refractivity contribution is 4.24. The van der Waals surface area contributed by atoms with Gasteiger partial charge in [-0.05, 0) is 6.42 Å². The van der Waals surface area contributed by atoms with Crippen LogP contribution in [-0.4, -0.2) is 13.3 Å². The molecule has 0 rings (SSSR count). The van der Waals surface area contributed by atoms with Gasteiger partial charge in [-0.25, -0.2) is 5.48 Å². The molecule has 0 bridgehead atoms. The van der Waals surface area contributed by atoms with Crippen molar-refractivity contribution in [3.05, 3.63) is 0 Å². The molecule has 0 spiro atoms. The minimum atomic E-state index is 0.250. The monoisotopic (exact) mass is 104 g/mol. The van der Waals surface area contributed by atoms with E-state index in [0.717, 1.165) is 13.0 Å². The predicted molar refractivity (Wildman–Crippen MR) is 28.4 cm³/mol. The molecule has 0 heterocycles. The summed E-state index contributed by atoms with van der Waals surface area (Å²) in [6.07, 6.45) is 1.07. The third-order valence-corrected chi connectivity index (χ3v) is 0.537. The van der Waals surface area contributed by atoms with Crippen LogP contribution in [0.1, 0.15) is 13.3 Å². The fourth-order valence-corrected chi connectivity index (χ4v) is 0.233. The van der Waals surface area contributed by atoms with Crippen molar-refractivity contribution in [3.8, 4) is 0 Å². The van der Waals surface area contributed by atoms with Gasteiger partial charge >= 0.3 is 0 Å². The molecule has 0 aliphatic carbocycles. The second kappa shape index (κ2) is 5.88. The molecule has 0 radical (unpaired) electrons. The Hall–Kier alpha value is -0.120. The first-order chi connectivity index (χ1) is 3.41. The van der Waals surface area contributed by atoms with E-state index in [4.69, 9.17) is 5.73 Å². The van der Waals surface area contributed by atoms with Crippen molar-refractivity contribution in [1.29, 1.82) is 0 Å².